The van der Waals surface area contributed by atoms with Gasteiger partial charge in [-0.2, -0.15) is 0 Å². The predicted molar refractivity (Wildman–Crippen MR) is 50.0 cm³/mol. The zero-order valence-corrected chi connectivity index (χ0v) is 7.81. The Balaban J connectivity index is 2.53. The van der Waals surface area contributed by atoms with Crippen LogP contribution in [0.2, 0.25) is 0 Å². The molecule has 66 valence electrons. The molecular formula is C9H7FN2S. The van der Waals surface area contributed by atoms with Gasteiger partial charge < -0.3 is 0 Å². The molecule has 2 heterocycles. The second-order valence-electron chi connectivity index (χ2n) is 2.68. The van der Waals surface area contributed by atoms with Crippen molar-refractivity contribution in [2.45, 2.75) is 6.92 Å². The van der Waals surface area contributed by atoms with Crippen LogP contribution in [0.25, 0.3) is 10.6 Å². The lowest BCUT2D eigenvalue weighted by Gasteiger charge is -1.98. The zero-order valence-electron chi connectivity index (χ0n) is 6.99. The van der Waals surface area contributed by atoms with Gasteiger partial charge in [0, 0.05) is 18.0 Å². The van der Waals surface area contributed by atoms with Crippen LogP contribution >= 0.6 is 11.3 Å². The monoisotopic (exact) mass is 194 g/mol. The first-order valence-electron chi connectivity index (χ1n) is 3.79. The Morgan fingerprint density at radius 2 is 2.23 bits per heavy atom. The van der Waals surface area contributed by atoms with Crippen molar-refractivity contribution in [1.29, 1.82) is 0 Å². The molecule has 0 aliphatic carbocycles. The molecule has 2 rings (SSSR count). The lowest BCUT2D eigenvalue weighted by atomic mass is 10.3. The Morgan fingerprint density at radius 3 is 2.85 bits per heavy atom. The zero-order chi connectivity index (χ0) is 9.26. The number of halogens is 1. The van der Waals surface area contributed by atoms with Crippen LogP contribution in [0.3, 0.4) is 0 Å². The van der Waals surface area contributed by atoms with Crippen LogP contribution < -0.4 is 0 Å². The molecule has 0 amide bonds. The number of pyridine rings is 1. The van der Waals surface area contributed by atoms with Crippen molar-refractivity contribution in [3.8, 4) is 10.6 Å². The quantitative estimate of drug-likeness (QED) is 0.697. The molecule has 2 nitrogen and oxygen atoms in total. The van der Waals surface area contributed by atoms with Crippen molar-refractivity contribution in [2.75, 3.05) is 0 Å². The number of aromatic nitrogens is 2. The SMILES string of the molecule is Cc1cc(F)cc(-c2cncs2)n1. The summed E-state index contributed by atoms with van der Waals surface area (Å²) >= 11 is 1.45. The number of aryl methyl sites for hydroxylation is 1. The molecule has 13 heavy (non-hydrogen) atoms. The van der Waals surface area contributed by atoms with Gasteiger partial charge in [-0.25, -0.2) is 4.39 Å². The molecule has 2 aromatic rings. The van der Waals surface area contributed by atoms with Crippen LogP contribution in [0.4, 0.5) is 4.39 Å². The van der Waals surface area contributed by atoms with Gasteiger partial charge in [-0.15, -0.1) is 11.3 Å². The topological polar surface area (TPSA) is 25.8 Å². The molecule has 0 radical (unpaired) electrons. The highest BCUT2D eigenvalue weighted by atomic mass is 32.1. The Labute approximate surface area is 79.1 Å². The third-order valence-corrected chi connectivity index (χ3v) is 2.40. The lowest BCUT2D eigenvalue weighted by Crippen LogP contribution is -1.87. The molecule has 0 spiro atoms. The maximum atomic E-state index is 13.0. The van der Waals surface area contributed by atoms with E-state index in [2.05, 4.69) is 9.97 Å². The van der Waals surface area contributed by atoms with E-state index >= 15 is 0 Å². The Hall–Kier alpha value is -1.29. The number of hydrogen-bond acceptors (Lipinski definition) is 3. The third-order valence-electron chi connectivity index (χ3n) is 1.60. The summed E-state index contributed by atoms with van der Waals surface area (Å²) in [5.41, 5.74) is 3.04. The average Bonchev–Trinajstić information content (AvgIpc) is 2.53. The molecule has 0 saturated carbocycles. The summed E-state index contributed by atoms with van der Waals surface area (Å²) in [4.78, 5) is 9.01. The first-order valence-corrected chi connectivity index (χ1v) is 4.67. The van der Waals surface area contributed by atoms with E-state index in [1.54, 1.807) is 18.6 Å². The predicted octanol–water partition coefficient (Wildman–Crippen LogP) is 2.65. The minimum atomic E-state index is -0.254. The standard InChI is InChI=1S/C9H7FN2S/c1-6-2-7(10)3-8(12-6)9-4-11-5-13-9/h2-5H,1H3. The summed E-state index contributed by atoms with van der Waals surface area (Å²) in [5.74, 6) is -0.254. The van der Waals surface area contributed by atoms with Crippen molar-refractivity contribution in [1.82, 2.24) is 9.97 Å². The molecule has 0 bridgehead atoms. The maximum absolute atomic E-state index is 13.0. The van der Waals surface area contributed by atoms with Gasteiger partial charge in [-0.1, -0.05) is 0 Å². The molecule has 0 atom stereocenters. The molecule has 0 unspecified atom stereocenters. The summed E-state index contributed by atoms with van der Waals surface area (Å²) in [6.45, 7) is 1.77. The Kier molecular flexibility index (Phi) is 2.06. The molecule has 0 saturated heterocycles. The summed E-state index contributed by atoms with van der Waals surface area (Å²) < 4.78 is 13.0. The lowest BCUT2D eigenvalue weighted by molar-refractivity contribution is 0.624. The van der Waals surface area contributed by atoms with E-state index in [4.69, 9.17) is 0 Å². The van der Waals surface area contributed by atoms with E-state index in [-0.39, 0.29) is 5.82 Å². The van der Waals surface area contributed by atoms with Crippen LogP contribution in [0, 0.1) is 12.7 Å². The second kappa shape index (κ2) is 3.22. The fraction of sp³-hybridized carbons (Fsp3) is 0.111. The molecule has 2 aromatic heterocycles. The molecule has 0 aromatic carbocycles. The van der Waals surface area contributed by atoms with E-state index in [1.165, 1.54) is 23.5 Å². The number of rotatable bonds is 1. The minimum absolute atomic E-state index is 0.254. The van der Waals surface area contributed by atoms with Gasteiger partial charge in [-0.05, 0) is 13.0 Å². The summed E-state index contributed by atoms with van der Waals surface area (Å²) in [6.07, 6.45) is 1.69. The number of thiazole rings is 1. The number of nitrogens with zero attached hydrogens (tertiary/aromatic N) is 2. The summed E-state index contributed by atoms with van der Waals surface area (Å²) in [5, 5.41) is 0. The van der Waals surface area contributed by atoms with Gasteiger partial charge in [0.05, 0.1) is 16.1 Å². The highest BCUT2D eigenvalue weighted by Crippen LogP contribution is 2.21. The van der Waals surface area contributed by atoms with E-state index in [1.807, 2.05) is 0 Å². The van der Waals surface area contributed by atoms with Gasteiger partial charge in [0.25, 0.3) is 0 Å². The molecule has 0 N–H and O–H groups in total. The summed E-state index contributed by atoms with van der Waals surface area (Å²) in [6, 6.07) is 2.82. The van der Waals surface area contributed by atoms with Gasteiger partial charge in [0.2, 0.25) is 0 Å². The van der Waals surface area contributed by atoms with Gasteiger partial charge >= 0.3 is 0 Å². The maximum Gasteiger partial charge on any atom is 0.127 e. The van der Waals surface area contributed by atoms with Crippen molar-refractivity contribution in [3.05, 3.63) is 35.4 Å². The Morgan fingerprint density at radius 1 is 1.38 bits per heavy atom. The van der Waals surface area contributed by atoms with E-state index in [0.29, 0.717) is 11.4 Å². The highest BCUT2D eigenvalue weighted by Gasteiger charge is 2.03. The van der Waals surface area contributed by atoms with E-state index in [9.17, 15) is 4.39 Å². The second-order valence-corrected chi connectivity index (χ2v) is 3.56. The van der Waals surface area contributed by atoms with Gasteiger partial charge in [0.15, 0.2) is 0 Å². The number of hydrogen-bond donors (Lipinski definition) is 0. The van der Waals surface area contributed by atoms with Gasteiger partial charge in [-0.3, -0.25) is 9.97 Å². The van der Waals surface area contributed by atoms with Crippen LogP contribution in [0.5, 0.6) is 0 Å². The molecule has 0 aliphatic rings. The molecule has 0 fully saturated rings. The highest BCUT2D eigenvalue weighted by molar-refractivity contribution is 7.13. The molecular weight excluding hydrogens is 187 g/mol. The summed E-state index contributed by atoms with van der Waals surface area (Å²) in [7, 11) is 0. The van der Waals surface area contributed by atoms with Crippen molar-refractivity contribution in [2.24, 2.45) is 0 Å². The van der Waals surface area contributed by atoms with Crippen LogP contribution in [0.1, 0.15) is 5.69 Å². The fourth-order valence-electron chi connectivity index (χ4n) is 1.09. The smallest absolute Gasteiger partial charge is 0.127 e. The first-order chi connectivity index (χ1) is 6.25. The Bertz CT molecular complexity index is 391. The largest absolute Gasteiger partial charge is 0.252 e. The third kappa shape index (κ3) is 1.72. The molecule has 0 aliphatic heterocycles. The molecule has 4 heteroatoms. The van der Waals surface area contributed by atoms with Crippen LogP contribution in [0.15, 0.2) is 23.8 Å². The normalized spacial score (nSPS) is 10.3. The van der Waals surface area contributed by atoms with Crippen LogP contribution in [-0.4, -0.2) is 9.97 Å². The van der Waals surface area contributed by atoms with Crippen molar-refractivity contribution >= 4 is 11.3 Å². The van der Waals surface area contributed by atoms with Gasteiger partial charge in [0.1, 0.15) is 5.82 Å². The first kappa shape index (κ1) is 8.31. The van der Waals surface area contributed by atoms with E-state index in [0.717, 1.165) is 4.88 Å². The van der Waals surface area contributed by atoms with E-state index < -0.39 is 0 Å². The minimum Gasteiger partial charge on any atom is -0.252 e. The average molecular weight is 194 g/mol. The van der Waals surface area contributed by atoms with Crippen LogP contribution in [-0.2, 0) is 0 Å². The fourth-order valence-corrected chi connectivity index (χ4v) is 1.68. The van der Waals surface area contributed by atoms with Crippen molar-refractivity contribution in [3.63, 3.8) is 0 Å². The van der Waals surface area contributed by atoms with Crippen molar-refractivity contribution < 1.29 is 4.39 Å².